The third kappa shape index (κ3) is 3.54. The van der Waals surface area contributed by atoms with Gasteiger partial charge in [0, 0.05) is 49.6 Å². The first-order valence-electron chi connectivity index (χ1n) is 12.1. The molecule has 1 atom stereocenters. The molecule has 0 unspecified atom stereocenters. The maximum atomic E-state index is 14.1. The molecule has 1 aliphatic carbocycles. The van der Waals surface area contributed by atoms with Crippen molar-refractivity contribution in [2.24, 2.45) is 7.05 Å². The minimum atomic E-state index is -2.65. The summed E-state index contributed by atoms with van der Waals surface area (Å²) in [6.45, 7) is 0.376. The summed E-state index contributed by atoms with van der Waals surface area (Å²) in [4.78, 5) is 28.1. The Balaban J connectivity index is 1.33. The molecule has 2 aliphatic rings. The van der Waals surface area contributed by atoms with Gasteiger partial charge in [-0.3, -0.25) is 9.48 Å². The Morgan fingerprint density at radius 3 is 2.89 bits per heavy atom. The highest BCUT2D eigenvalue weighted by Crippen LogP contribution is 2.44. The van der Waals surface area contributed by atoms with Crippen molar-refractivity contribution in [2.45, 2.75) is 37.6 Å². The lowest BCUT2D eigenvalue weighted by molar-refractivity contribution is 0.0653. The van der Waals surface area contributed by atoms with Gasteiger partial charge in [0.05, 0.1) is 40.7 Å². The monoisotopic (exact) mass is 504 g/mol. The summed E-state index contributed by atoms with van der Waals surface area (Å²) in [5, 5.41) is 8.77. The maximum Gasteiger partial charge on any atom is 0.292 e. The molecule has 5 aromatic heterocycles. The van der Waals surface area contributed by atoms with Gasteiger partial charge in [-0.05, 0) is 31.0 Å². The van der Waals surface area contributed by atoms with E-state index in [1.54, 1.807) is 47.6 Å². The molecule has 1 amide bonds. The van der Waals surface area contributed by atoms with Gasteiger partial charge in [-0.25, -0.2) is 23.3 Å². The summed E-state index contributed by atoms with van der Waals surface area (Å²) < 4.78 is 36.5. The zero-order valence-corrected chi connectivity index (χ0v) is 19.8. The zero-order chi connectivity index (χ0) is 25.3. The molecule has 10 nitrogen and oxygen atoms in total. The summed E-state index contributed by atoms with van der Waals surface area (Å²) >= 11 is 0. The molecule has 1 fully saturated rings. The Kier molecular flexibility index (Phi) is 4.78. The van der Waals surface area contributed by atoms with Crippen molar-refractivity contribution in [3.63, 3.8) is 0 Å². The average molecular weight is 505 g/mol. The third-order valence-electron chi connectivity index (χ3n) is 7.02. The molecular formula is C25H22F2N8O2. The number of rotatable bonds is 5. The van der Waals surface area contributed by atoms with Crippen molar-refractivity contribution in [1.82, 2.24) is 39.2 Å². The van der Waals surface area contributed by atoms with Gasteiger partial charge in [-0.1, -0.05) is 0 Å². The van der Waals surface area contributed by atoms with Crippen molar-refractivity contribution >= 4 is 11.4 Å². The number of nitrogens with zero attached hydrogens (tertiary/aromatic N) is 7. The summed E-state index contributed by atoms with van der Waals surface area (Å²) in [6.07, 6.45) is 6.42. The molecule has 0 radical (unpaired) electrons. The van der Waals surface area contributed by atoms with Gasteiger partial charge in [0.25, 0.3) is 12.3 Å². The van der Waals surface area contributed by atoms with E-state index in [0.717, 1.165) is 18.5 Å². The van der Waals surface area contributed by atoms with Crippen molar-refractivity contribution in [3.8, 4) is 11.5 Å². The molecule has 37 heavy (non-hydrogen) atoms. The number of fused-ring (bicyclic) bond motifs is 2. The summed E-state index contributed by atoms with van der Waals surface area (Å²) in [5.41, 5.74) is 3.48. The van der Waals surface area contributed by atoms with Gasteiger partial charge < -0.3 is 14.3 Å². The molecule has 5 aromatic rings. The molecule has 188 valence electrons. The van der Waals surface area contributed by atoms with E-state index in [4.69, 9.17) is 4.42 Å². The molecule has 7 rings (SSSR count). The lowest BCUT2D eigenvalue weighted by atomic mass is 9.98. The molecule has 1 saturated carbocycles. The minimum absolute atomic E-state index is 0.121. The molecule has 0 saturated heterocycles. The smallest absolute Gasteiger partial charge is 0.292 e. The Bertz CT molecular complexity index is 1640. The number of carbonyl (C=O) groups excluding carboxylic acids is 1. The van der Waals surface area contributed by atoms with Crippen molar-refractivity contribution < 1.29 is 18.0 Å². The second kappa shape index (κ2) is 8.08. The Morgan fingerprint density at radius 2 is 2.14 bits per heavy atom. The van der Waals surface area contributed by atoms with Gasteiger partial charge in [0.15, 0.2) is 0 Å². The predicted molar refractivity (Wildman–Crippen MR) is 126 cm³/mol. The fourth-order valence-corrected chi connectivity index (χ4v) is 5.07. The number of alkyl halides is 2. The highest BCUT2D eigenvalue weighted by Gasteiger charge is 2.41. The number of hydrogen-bond acceptors (Lipinski definition) is 6. The summed E-state index contributed by atoms with van der Waals surface area (Å²) in [6, 6.07) is 3.85. The number of oxazole rings is 1. The Morgan fingerprint density at radius 1 is 1.27 bits per heavy atom. The van der Waals surface area contributed by atoms with E-state index in [9.17, 15) is 13.6 Å². The van der Waals surface area contributed by atoms with Gasteiger partial charge in [-0.15, -0.1) is 0 Å². The number of halogens is 2. The molecule has 0 aromatic carbocycles. The van der Waals surface area contributed by atoms with Crippen LogP contribution in [0.2, 0.25) is 0 Å². The van der Waals surface area contributed by atoms with Crippen LogP contribution in [0.15, 0.2) is 47.5 Å². The van der Waals surface area contributed by atoms with Crippen molar-refractivity contribution in [2.75, 3.05) is 6.54 Å². The number of aromatic amines is 1. The molecule has 0 bridgehead atoms. The fraction of sp³-hybridized carbons (Fsp3) is 0.320. The quantitative estimate of drug-likeness (QED) is 0.387. The normalized spacial score (nSPS) is 17.6. The molecule has 6 heterocycles. The molecule has 0 spiro atoms. The lowest BCUT2D eigenvalue weighted by Gasteiger charge is -2.33. The van der Waals surface area contributed by atoms with Crippen LogP contribution in [0.3, 0.4) is 0 Å². The number of imidazole rings is 1. The number of nitrogens with one attached hydrogen (secondary N) is 1. The van der Waals surface area contributed by atoms with Crippen LogP contribution in [0.1, 0.15) is 70.1 Å². The van der Waals surface area contributed by atoms with Crippen LogP contribution in [0, 0.1) is 0 Å². The van der Waals surface area contributed by atoms with E-state index in [-0.39, 0.29) is 23.1 Å². The Hall–Kier alpha value is -4.35. The van der Waals surface area contributed by atoms with Gasteiger partial charge in [-0.2, -0.15) is 10.2 Å². The number of aryl methyl sites for hydroxylation is 1. The van der Waals surface area contributed by atoms with Crippen molar-refractivity contribution in [3.05, 3.63) is 77.2 Å². The predicted octanol–water partition coefficient (Wildman–Crippen LogP) is 4.05. The summed E-state index contributed by atoms with van der Waals surface area (Å²) in [7, 11) is 1.80. The van der Waals surface area contributed by atoms with Gasteiger partial charge >= 0.3 is 0 Å². The largest absolute Gasteiger partial charge is 0.430 e. The number of aromatic nitrogens is 7. The number of H-pyrrole nitrogens is 1. The van der Waals surface area contributed by atoms with Crippen LogP contribution in [-0.2, 0) is 13.5 Å². The maximum absolute atomic E-state index is 14.1. The second-order valence-electron chi connectivity index (χ2n) is 9.49. The van der Waals surface area contributed by atoms with Crippen LogP contribution in [0.5, 0.6) is 0 Å². The fourth-order valence-electron chi connectivity index (χ4n) is 5.07. The lowest BCUT2D eigenvalue weighted by Crippen LogP contribution is -2.41. The van der Waals surface area contributed by atoms with Crippen molar-refractivity contribution in [1.29, 1.82) is 0 Å². The van der Waals surface area contributed by atoms with E-state index in [1.807, 2.05) is 0 Å². The highest BCUT2D eigenvalue weighted by molar-refractivity contribution is 5.94. The van der Waals surface area contributed by atoms with E-state index in [1.165, 1.54) is 16.6 Å². The molecular weight excluding hydrogens is 482 g/mol. The highest BCUT2D eigenvalue weighted by atomic mass is 19.3. The topological polar surface area (TPSA) is 110 Å². The van der Waals surface area contributed by atoms with Gasteiger partial charge in [0.1, 0.15) is 6.04 Å². The van der Waals surface area contributed by atoms with Gasteiger partial charge in [0.2, 0.25) is 11.7 Å². The Labute approximate surface area is 208 Å². The van der Waals surface area contributed by atoms with Crippen LogP contribution in [0.25, 0.3) is 17.0 Å². The van der Waals surface area contributed by atoms with E-state index >= 15 is 0 Å². The number of carbonyl (C=O) groups is 1. The van der Waals surface area contributed by atoms with Crippen LogP contribution in [-0.4, -0.2) is 51.7 Å². The van der Waals surface area contributed by atoms with Crippen LogP contribution >= 0.6 is 0 Å². The average Bonchev–Trinajstić information content (AvgIpc) is 3.29. The SMILES string of the molecule is Cn1cc(-c2nc(C3CC3)c(C(=O)N3CCc4[nH]cnc4[C@@H]3c3cc4c(C(F)F)cccn4n3)o2)cn1. The van der Waals surface area contributed by atoms with Crippen LogP contribution in [0.4, 0.5) is 8.78 Å². The number of pyridine rings is 1. The first-order chi connectivity index (χ1) is 18.0. The first-order valence-corrected chi connectivity index (χ1v) is 12.1. The van der Waals surface area contributed by atoms with E-state index in [2.05, 4.69) is 25.1 Å². The standard InChI is InChI=1S/C25H22F2N8O2/c1-33-11-14(10-30-33)24-31-19(13-4-5-13)22(37-24)25(36)34-8-6-16-20(29-12-28-16)21(34)17-9-18-15(23(26)27)3-2-7-35(18)32-17/h2-3,7,9-13,21,23H,4-6,8H2,1H3,(H,28,29)/t21-/m0/s1. The molecule has 1 N–H and O–H groups in total. The van der Waals surface area contributed by atoms with E-state index < -0.39 is 12.5 Å². The minimum Gasteiger partial charge on any atom is -0.430 e. The molecule has 12 heteroatoms. The summed E-state index contributed by atoms with van der Waals surface area (Å²) in [5.74, 6) is 0.388. The van der Waals surface area contributed by atoms with E-state index in [0.29, 0.717) is 47.0 Å². The third-order valence-corrected chi connectivity index (χ3v) is 7.02. The number of hydrogen-bond donors (Lipinski definition) is 1. The second-order valence-corrected chi connectivity index (χ2v) is 9.49. The first kappa shape index (κ1) is 21.9. The molecule has 1 aliphatic heterocycles. The zero-order valence-electron chi connectivity index (χ0n) is 19.8. The number of amides is 1. The van der Waals surface area contributed by atoms with Crippen LogP contribution < -0.4 is 0 Å².